The Labute approximate surface area is 126 Å². The first-order chi connectivity index (χ1) is 8.60. The monoisotopic (exact) mass is 318 g/mol. The predicted molar refractivity (Wildman–Crippen MR) is 78.2 cm³/mol. The van der Waals surface area contributed by atoms with Gasteiger partial charge in [-0.15, -0.1) is 40.1 Å². The third-order valence-electron chi connectivity index (χ3n) is 2.94. The first kappa shape index (κ1) is 16.1. The molecule has 0 saturated heterocycles. The molecule has 98 valence electrons. The van der Waals surface area contributed by atoms with E-state index < -0.39 is 17.0 Å². The van der Waals surface area contributed by atoms with E-state index in [0.717, 1.165) is 13.0 Å². The average molecular weight is 319 g/mol. The SMILES string of the molecule is Cc1cc2ccccc2[c-]1CCN(C)C.[Cl][Ti][Cl]. The minimum absolute atomic E-state index is 0.556. The molecular weight excluding hydrogens is 301 g/mol. The zero-order valence-electron chi connectivity index (χ0n) is 11.0. The van der Waals surface area contributed by atoms with Crippen LogP contribution in [0, 0.1) is 6.92 Å². The van der Waals surface area contributed by atoms with Gasteiger partial charge in [-0.25, -0.2) is 0 Å². The molecule has 0 fully saturated rings. The average Bonchev–Trinajstić information content (AvgIpc) is 2.63. The molecule has 1 nitrogen and oxygen atoms in total. The fraction of sp³-hybridized carbons (Fsp3) is 0.357. The zero-order valence-corrected chi connectivity index (χ0v) is 14.1. The third-order valence-corrected chi connectivity index (χ3v) is 2.94. The summed E-state index contributed by atoms with van der Waals surface area (Å²) in [5, 5.41) is 2.81. The number of fused-ring (bicyclic) bond motifs is 1. The molecule has 2 aromatic carbocycles. The number of hydrogen-bond donors (Lipinski definition) is 0. The fourth-order valence-electron chi connectivity index (χ4n) is 2.10. The molecule has 0 N–H and O–H groups in total. The van der Waals surface area contributed by atoms with E-state index in [1.54, 1.807) is 0 Å². The molecule has 0 spiro atoms. The number of rotatable bonds is 3. The molecule has 2 aromatic rings. The molecule has 0 aliphatic rings. The second-order valence-electron chi connectivity index (χ2n) is 4.52. The Bertz CT molecular complexity index is 480. The van der Waals surface area contributed by atoms with Gasteiger partial charge in [-0.3, -0.25) is 0 Å². The normalized spacial score (nSPS) is 10.3. The van der Waals surface area contributed by atoms with Crippen LogP contribution >= 0.6 is 18.6 Å². The molecule has 0 aliphatic heterocycles. The van der Waals surface area contributed by atoms with E-state index in [0.29, 0.717) is 0 Å². The van der Waals surface area contributed by atoms with Crippen molar-refractivity contribution >= 4 is 29.4 Å². The van der Waals surface area contributed by atoms with Gasteiger partial charge in [0, 0.05) is 0 Å². The van der Waals surface area contributed by atoms with E-state index in [2.05, 4.69) is 56.3 Å². The van der Waals surface area contributed by atoms with Crippen molar-refractivity contribution in [3.8, 4) is 0 Å². The van der Waals surface area contributed by atoms with Crippen LogP contribution in [0.25, 0.3) is 10.8 Å². The second kappa shape index (κ2) is 8.29. The molecule has 18 heavy (non-hydrogen) atoms. The molecule has 0 heterocycles. The third kappa shape index (κ3) is 4.64. The van der Waals surface area contributed by atoms with Gasteiger partial charge in [0.15, 0.2) is 0 Å². The van der Waals surface area contributed by atoms with Gasteiger partial charge >= 0.3 is 35.6 Å². The van der Waals surface area contributed by atoms with Crippen LogP contribution in [-0.4, -0.2) is 25.5 Å². The molecule has 0 radical (unpaired) electrons. The Hall–Kier alpha value is 0.0843. The molecule has 0 saturated carbocycles. The first-order valence-corrected chi connectivity index (χ1v) is 10.1. The van der Waals surface area contributed by atoms with E-state index in [1.165, 1.54) is 21.9 Å². The van der Waals surface area contributed by atoms with Crippen LogP contribution < -0.4 is 0 Å². The summed E-state index contributed by atoms with van der Waals surface area (Å²) in [7, 11) is 14.0. The van der Waals surface area contributed by atoms with Crippen molar-refractivity contribution in [1.82, 2.24) is 4.90 Å². The van der Waals surface area contributed by atoms with Crippen molar-refractivity contribution in [2.45, 2.75) is 13.3 Å². The minimum atomic E-state index is -0.556. The van der Waals surface area contributed by atoms with Crippen LogP contribution in [0.2, 0.25) is 0 Å². The Kier molecular flexibility index (Phi) is 7.44. The summed E-state index contributed by atoms with van der Waals surface area (Å²) in [6, 6.07) is 11.0. The van der Waals surface area contributed by atoms with Crippen molar-refractivity contribution < 1.29 is 17.0 Å². The Balaban J connectivity index is 0.000000492. The maximum atomic E-state index is 4.89. The summed E-state index contributed by atoms with van der Waals surface area (Å²) in [6.45, 7) is 3.33. The zero-order chi connectivity index (χ0) is 13.5. The van der Waals surface area contributed by atoms with E-state index in [1.807, 2.05) is 0 Å². The fourth-order valence-corrected chi connectivity index (χ4v) is 2.10. The van der Waals surface area contributed by atoms with E-state index in [4.69, 9.17) is 18.6 Å². The van der Waals surface area contributed by atoms with Gasteiger partial charge in [0.1, 0.15) is 0 Å². The summed E-state index contributed by atoms with van der Waals surface area (Å²) in [5.74, 6) is 0. The summed E-state index contributed by atoms with van der Waals surface area (Å²) >= 11 is -0.556. The number of hydrogen-bond acceptors (Lipinski definition) is 1. The molecule has 0 bridgehead atoms. The Morgan fingerprint density at radius 1 is 1.22 bits per heavy atom. The number of aryl methyl sites for hydroxylation is 1. The van der Waals surface area contributed by atoms with Gasteiger partial charge in [0.05, 0.1) is 0 Å². The van der Waals surface area contributed by atoms with Gasteiger partial charge in [-0.1, -0.05) is 13.0 Å². The van der Waals surface area contributed by atoms with Crippen LogP contribution in [0.4, 0.5) is 0 Å². The maximum absolute atomic E-state index is 4.89. The van der Waals surface area contributed by atoms with Crippen molar-refractivity contribution in [2.75, 3.05) is 20.6 Å². The van der Waals surface area contributed by atoms with Gasteiger partial charge in [0.2, 0.25) is 0 Å². The molecule has 0 aromatic heterocycles. The molecule has 0 atom stereocenters. The number of halogens is 2. The number of benzene rings is 1. The van der Waals surface area contributed by atoms with Gasteiger partial charge in [-0.05, 0) is 27.1 Å². The predicted octanol–water partition coefficient (Wildman–Crippen LogP) is 4.35. The molecule has 4 heteroatoms. The summed E-state index contributed by atoms with van der Waals surface area (Å²) in [5.41, 5.74) is 2.94. The summed E-state index contributed by atoms with van der Waals surface area (Å²) < 4.78 is 0. The van der Waals surface area contributed by atoms with Gasteiger partial charge < -0.3 is 4.90 Å². The first-order valence-electron chi connectivity index (χ1n) is 5.85. The van der Waals surface area contributed by atoms with E-state index >= 15 is 0 Å². The van der Waals surface area contributed by atoms with Crippen LogP contribution in [0.3, 0.4) is 0 Å². The Morgan fingerprint density at radius 3 is 2.44 bits per heavy atom. The van der Waals surface area contributed by atoms with Crippen LogP contribution in [0.15, 0.2) is 30.3 Å². The quantitative estimate of drug-likeness (QED) is 0.601. The summed E-state index contributed by atoms with van der Waals surface area (Å²) in [4.78, 5) is 2.24. The second-order valence-corrected chi connectivity index (χ2v) is 7.10. The van der Waals surface area contributed by atoms with Crippen molar-refractivity contribution in [2.24, 2.45) is 0 Å². The Morgan fingerprint density at radius 2 is 1.83 bits per heavy atom. The standard InChI is InChI=1S/C14H18N.2ClH.Ti/c1-11-10-12-6-4-5-7-14(12)13(11)8-9-15(2)3;;;/h4-7,10H,8-9H2,1-3H3;2*1H;/q-1;;;+2/p-2. The van der Waals surface area contributed by atoms with Crippen molar-refractivity contribution in [3.63, 3.8) is 0 Å². The van der Waals surface area contributed by atoms with Gasteiger partial charge in [-0.2, -0.15) is 6.07 Å². The van der Waals surface area contributed by atoms with E-state index in [-0.39, 0.29) is 0 Å². The molecular formula is C14H18Cl2NTi-. The van der Waals surface area contributed by atoms with Crippen molar-refractivity contribution in [3.05, 3.63) is 41.5 Å². The van der Waals surface area contributed by atoms with Crippen LogP contribution in [0.5, 0.6) is 0 Å². The van der Waals surface area contributed by atoms with Gasteiger partial charge in [0.25, 0.3) is 0 Å². The summed E-state index contributed by atoms with van der Waals surface area (Å²) in [6.07, 6.45) is 1.15. The molecule has 0 aliphatic carbocycles. The van der Waals surface area contributed by atoms with Crippen LogP contribution in [0.1, 0.15) is 11.1 Å². The van der Waals surface area contributed by atoms with E-state index in [9.17, 15) is 0 Å². The number of likely N-dealkylation sites (N-methyl/N-ethyl adjacent to an activating group) is 1. The molecule has 0 unspecified atom stereocenters. The van der Waals surface area contributed by atoms with Crippen LogP contribution in [-0.2, 0) is 23.5 Å². The molecule has 2 rings (SSSR count). The van der Waals surface area contributed by atoms with Crippen molar-refractivity contribution in [1.29, 1.82) is 0 Å². The molecule has 0 amide bonds. The topological polar surface area (TPSA) is 3.24 Å². The number of nitrogens with zero attached hydrogens (tertiary/aromatic N) is 1.